The first-order valence-corrected chi connectivity index (χ1v) is 11.4. The lowest BCUT2D eigenvalue weighted by molar-refractivity contribution is -0.128. The maximum atomic E-state index is 13.0. The summed E-state index contributed by atoms with van der Waals surface area (Å²) in [5.41, 5.74) is 0.354. The van der Waals surface area contributed by atoms with Crippen LogP contribution in [0.25, 0.3) is 6.08 Å². The molecule has 1 unspecified atom stereocenters. The highest BCUT2D eigenvalue weighted by atomic mass is 35.5. The fourth-order valence-electron chi connectivity index (χ4n) is 3.54. The van der Waals surface area contributed by atoms with Gasteiger partial charge >= 0.3 is 0 Å². The summed E-state index contributed by atoms with van der Waals surface area (Å²) in [6.07, 6.45) is 5.33. The first-order valence-electron chi connectivity index (χ1n) is 10.7. The normalized spacial score (nSPS) is 18.3. The first-order chi connectivity index (χ1) is 15.5. The van der Waals surface area contributed by atoms with Gasteiger partial charge in [-0.05, 0) is 48.4 Å². The van der Waals surface area contributed by atoms with E-state index in [-0.39, 0.29) is 17.2 Å². The van der Waals surface area contributed by atoms with Gasteiger partial charge in [0, 0.05) is 28.6 Å². The van der Waals surface area contributed by atoms with E-state index < -0.39 is 23.9 Å². The Kier molecular flexibility index (Phi) is 9.73. The summed E-state index contributed by atoms with van der Waals surface area (Å²) in [6, 6.07) is 3.43. The van der Waals surface area contributed by atoms with Crippen LogP contribution in [0.5, 0.6) is 0 Å². The van der Waals surface area contributed by atoms with Crippen LogP contribution >= 0.6 is 23.2 Å². The van der Waals surface area contributed by atoms with Crippen molar-refractivity contribution >= 4 is 53.2 Å². The van der Waals surface area contributed by atoms with Gasteiger partial charge in [0.1, 0.15) is 6.04 Å². The van der Waals surface area contributed by atoms with E-state index in [1.54, 1.807) is 24.3 Å². The third-order valence-electron chi connectivity index (χ3n) is 5.10. The Hall–Kier alpha value is -2.58. The Morgan fingerprint density at radius 3 is 2.61 bits per heavy atom. The van der Waals surface area contributed by atoms with Crippen LogP contribution in [-0.4, -0.2) is 47.8 Å². The van der Waals surface area contributed by atoms with Crippen molar-refractivity contribution in [3.05, 3.63) is 39.9 Å². The molecule has 10 heteroatoms. The van der Waals surface area contributed by atoms with E-state index in [0.29, 0.717) is 41.4 Å². The molecule has 0 aromatic heterocycles. The molecule has 0 saturated carbocycles. The molecule has 33 heavy (non-hydrogen) atoms. The number of oxime groups is 1. The molecular weight excluding hydrogens is 467 g/mol. The Morgan fingerprint density at radius 2 is 2.03 bits per heavy atom. The van der Waals surface area contributed by atoms with Crippen LogP contribution in [0, 0.1) is 11.3 Å². The van der Waals surface area contributed by atoms with Gasteiger partial charge in [-0.15, -0.1) is 0 Å². The lowest BCUT2D eigenvalue weighted by Crippen LogP contribution is -2.51. The van der Waals surface area contributed by atoms with Crippen molar-refractivity contribution in [1.82, 2.24) is 16.0 Å². The van der Waals surface area contributed by atoms with Gasteiger partial charge in [-0.3, -0.25) is 14.4 Å². The summed E-state index contributed by atoms with van der Waals surface area (Å²) in [7, 11) is 0. The van der Waals surface area contributed by atoms with Crippen LogP contribution in [0.1, 0.15) is 45.6 Å². The average molecular weight is 497 g/mol. The van der Waals surface area contributed by atoms with Crippen LogP contribution in [0.2, 0.25) is 10.0 Å². The minimum atomic E-state index is -0.838. The number of hydrogen-bond donors (Lipinski definition) is 4. The second kappa shape index (κ2) is 12.0. The van der Waals surface area contributed by atoms with Gasteiger partial charge in [0.15, 0.2) is 0 Å². The van der Waals surface area contributed by atoms with Crippen LogP contribution < -0.4 is 16.0 Å². The number of hydrogen-bond acceptors (Lipinski definition) is 5. The van der Waals surface area contributed by atoms with Crippen molar-refractivity contribution in [2.45, 2.75) is 52.1 Å². The summed E-state index contributed by atoms with van der Waals surface area (Å²) in [6.45, 7) is 6.45. The minimum absolute atomic E-state index is 0.0915. The molecule has 1 aliphatic rings. The van der Waals surface area contributed by atoms with Gasteiger partial charge in [0.05, 0.1) is 12.3 Å². The Labute approximate surface area is 203 Å². The molecule has 0 aliphatic carbocycles. The van der Waals surface area contributed by atoms with Crippen LogP contribution in [0.4, 0.5) is 0 Å². The van der Waals surface area contributed by atoms with Gasteiger partial charge in [-0.25, -0.2) is 0 Å². The molecule has 8 nitrogen and oxygen atoms in total. The van der Waals surface area contributed by atoms with Crippen molar-refractivity contribution in [1.29, 1.82) is 0 Å². The number of carbonyl (C=O) groups is 3. The van der Waals surface area contributed by atoms with E-state index in [0.717, 1.165) is 0 Å². The van der Waals surface area contributed by atoms with E-state index in [1.165, 1.54) is 12.3 Å². The van der Waals surface area contributed by atoms with E-state index >= 15 is 0 Å². The molecule has 3 amide bonds. The predicted molar refractivity (Wildman–Crippen MR) is 129 cm³/mol. The van der Waals surface area contributed by atoms with Gasteiger partial charge in [0.25, 0.3) is 0 Å². The van der Waals surface area contributed by atoms with E-state index in [2.05, 4.69) is 21.1 Å². The zero-order valence-corrected chi connectivity index (χ0v) is 20.4. The molecule has 0 spiro atoms. The summed E-state index contributed by atoms with van der Waals surface area (Å²) in [4.78, 5) is 37.5. The average Bonchev–Trinajstić information content (AvgIpc) is 3.10. The molecule has 1 heterocycles. The van der Waals surface area contributed by atoms with Crippen LogP contribution in [0.3, 0.4) is 0 Å². The Morgan fingerprint density at radius 1 is 1.30 bits per heavy atom. The van der Waals surface area contributed by atoms with Crippen LogP contribution in [-0.2, 0) is 14.4 Å². The molecule has 1 fully saturated rings. The van der Waals surface area contributed by atoms with E-state index in [4.69, 9.17) is 28.4 Å². The Bertz CT molecular complexity index is 928. The van der Waals surface area contributed by atoms with Crippen molar-refractivity contribution in [2.24, 2.45) is 16.5 Å². The maximum absolute atomic E-state index is 13.0. The van der Waals surface area contributed by atoms with E-state index in [1.807, 2.05) is 20.8 Å². The Balaban J connectivity index is 2.09. The molecule has 4 N–H and O–H groups in total. The number of benzene rings is 1. The van der Waals surface area contributed by atoms with Crippen molar-refractivity contribution < 1.29 is 19.6 Å². The molecular formula is C23H30Cl2N4O4. The molecule has 2 rings (SSSR count). The number of carbonyl (C=O) groups excluding carboxylic acids is 3. The fraction of sp³-hybridized carbons (Fsp3) is 0.478. The number of rotatable bonds is 9. The van der Waals surface area contributed by atoms with Crippen molar-refractivity contribution in [3.8, 4) is 0 Å². The summed E-state index contributed by atoms with van der Waals surface area (Å²) < 4.78 is 0. The zero-order chi connectivity index (χ0) is 24.6. The number of nitrogens with one attached hydrogen (secondary N) is 3. The van der Waals surface area contributed by atoms with Gasteiger partial charge < -0.3 is 21.2 Å². The monoisotopic (exact) mass is 496 g/mol. The number of halogens is 2. The lowest BCUT2D eigenvalue weighted by atomic mass is 9.87. The lowest BCUT2D eigenvalue weighted by Gasteiger charge is -2.27. The first kappa shape index (κ1) is 26.7. The maximum Gasteiger partial charge on any atom is 0.244 e. The highest BCUT2D eigenvalue weighted by Gasteiger charge is 2.30. The SMILES string of the molecule is CC(C)(C)C[C@H](NC(=O)/C=C/c1ccc(Cl)cc1Cl)C(=O)NC(/C=N/O)C[C@@H]1CCNC1=O. The largest absolute Gasteiger partial charge is 0.411 e. The third kappa shape index (κ3) is 9.06. The number of nitrogens with zero attached hydrogens (tertiary/aromatic N) is 1. The molecule has 1 saturated heterocycles. The molecule has 3 atom stereocenters. The molecule has 180 valence electrons. The predicted octanol–water partition coefficient (Wildman–Crippen LogP) is 3.40. The molecule has 1 aromatic carbocycles. The summed E-state index contributed by atoms with van der Waals surface area (Å²) >= 11 is 12.0. The summed E-state index contributed by atoms with van der Waals surface area (Å²) in [5, 5.41) is 21.2. The standard InChI is InChI=1S/C23H30Cl2N4O4/c1-23(2,3)12-19(29-20(30)7-5-14-4-6-16(24)11-18(14)25)22(32)28-17(13-27-33)10-15-8-9-26-21(15)31/h4-7,11,13,15,17,19,33H,8-10,12H2,1-3H3,(H,26,31)(H,28,32)(H,29,30)/b7-5+,27-13+/t15-,17?,19-/m0/s1. The van der Waals surface area contributed by atoms with Crippen molar-refractivity contribution in [2.75, 3.05) is 6.54 Å². The van der Waals surface area contributed by atoms with E-state index in [9.17, 15) is 14.4 Å². The van der Waals surface area contributed by atoms with Gasteiger partial charge in [-0.2, -0.15) is 0 Å². The third-order valence-corrected chi connectivity index (χ3v) is 5.66. The second-order valence-electron chi connectivity index (χ2n) is 9.22. The highest BCUT2D eigenvalue weighted by molar-refractivity contribution is 6.35. The zero-order valence-electron chi connectivity index (χ0n) is 18.9. The topological polar surface area (TPSA) is 120 Å². The van der Waals surface area contributed by atoms with Crippen molar-refractivity contribution in [3.63, 3.8) is 0 Å². The minimum Gasteiger partial charge on any atom is -0.411 e. The molecule has 1 aliphatic heterocycles. The van der Waals surface area contributed by atoms with Gasteiger partial charge in [0.2, 0.25) is 17.7 Å². The smallest absolute Gasteiger partial charge is 0.244 e. The molecule has 0 bridgehead atoms. The fourth-order valence-corrected chi connectivity index (χ4v) is 4.01. The highest BCUT2D eigenvalue weighted by Crippen LogP contribution is 2.23. The molecule has 1 aromatic rings. The quantitative estimate of drug-likeness (QED) is 0.181. The summed E-state index contributed by atoms with van der Waals surface area (Å²) in [5.74, 6) is -1.27. The van der Waals surface area contributed by atoms with Crippen LogP contribution in [0.15, 0.2) is 29.4 Å². The molecule has 0 radical (unpaired) electrons. The second-order valence-corrected chi connectivity index (χ2v) is 10.1. The van der Waals surface area contributed by atoms with Gasteiger partial charge in [-0.1, -0.05) is 55.2 Å². The number of amides is 3.